The van der Waals surface area contributed by atoms with E-state index in [0.717, 1.165) is 0 Å². The highest BCUT2D eigenvalue weighted by Gasteiger charge is 2.53. The molecule has 0 aliphatic carbocycles. The second-order valence-electron chi connectivity index (χ2n) is 8.33. The van der Waals surface area contributed by atoms with Gasteiger partial charge in [-0.25, -0.2) is 0 Å². The Labute approximate surface area is 192 Å². The van der Waals surface area contributed by atoms with Gasteiger partial charge in [-0.15, -0.1) is 0 Å². The van der Waals surface area contributed by atoms with Crippen LogP contribution >= 0.6 is 0 Å². The van der Waals surface area contributed by atoms with Gasteiger partial charge in [-0.2, -0.15) is 0 Å². The normalized spacial score (nSPS) is 52.5. The van der Waals surface area contributed by atoms with E-state index < -0.39 is 112 Å². The van der Waals surface area contributed by atoms with Crippen molar-refractivity contribution in [3.05, 3.63) is 0 Å². The first-order valence-corrected chi connectivity index (χ1v) is 10.6. The Bertz CT molecular complexity index is 637. The maximum atomic E-state index is 10.6. The molecule has 0 aromatic heterocycles. The highest BCUT2D eigenvalue weighted by atomic mass is 16.7. The van der Waals surface area contributed by atoms with E-state index in [4.69, 9.17) is 23.7 Å². The number of rotatable bonds is 7. The van der Waals surface area contributed by atoms with E-state index in [9.17, 15) is 56.2 Å². The van der Waals surface area contributed by atoms with Crippen LogP contribution in [0.2, 0.25) is 0 Å². The lowest BCUT2D eigenvalue weighted by Crippen LogP contribution is -2.66. The van der Waals surface area contributed by atoms with Gasteiger partial charge in [-0.05, 0) is 0 Å². The summed E-state index contributed by atoms with van der Waals surface area (Å²) in [6.45, 7) is -2.31. The number of aliphatic hydroxyl groups is 11. The lowest BCUT2D eigenvalue weighted by molar-refractivity contribution is -0.378. The molecule has 3 fully saturated rings. The Morgan fingerprint density at radius 3 is 1.47 bits per heavy atom. The summed E-state index contributed by atoms with van der Waals surface area (Å²) in [6, 6.07) is 0. The molecule has 0 radical (unpaired) electrons. The molecule has 0 spiro atoms. The fraction of sp³-hybridized carbons (Fsp3) is 1.00. The van der Waals surface area contributed by atoms with Gasteiger partial charge in [0, 0.05) is 0 Å². The van der Waals surface area contributed by atoms with Crippen LogP contribution in [0.3, 0.4) is 0 Å². The van der Waals surface area contributed by atoms with Crippen molar-refractivity contribution in [2.45, 2.75) is 92.1 Å². The molecule has 3 aliphatic rings. The van der Waals surface area contributed by atoms with Crippen molar-refractivity contribution in [2.24, 2.45) is 0 Å². The molecule has 11 N–H and O–H groups in total. The first-order valence-electron chi connectivity index (χ1n) is 10.6. The molecule has 0 bridgehead atoms. The summed E-state index contributed by atoms with van der Waals surface area (Å²) in [7, 11) is 0. The summed E-state index contributed by atoms with van der Waals surface area (Å²) in [5.41, 5.74) is 0. The zero-order valence-corrected chi connectivity index (χ0v) is 17.7. The van der Waals surface area contributed by atoms with Crippen LogP contribution in [-0.4, -0.2) is 168 Å². The maximum absolute atomic E-state index is 10.6. The van der Waals surface area contributed by atoms with E-state index in [1.54, 1.807) is 0 Å². The fourth-order valence-electron chi connectivity index (χ4n) is 4.05. The van der Waals surface area contributed by atoms with Crippen LogP contribution < -0.4 is 0 Å². The second-order valence-corrected chi connectivity index (χ2v) is 8.33. The Balaban J connectivity index is 1.72. The van der Waals surface area contributed by atoms with Gasteiger partial charge >= 0.3 is 0 Å². The van der Waals surface area contributed by atoms with Crippen LogP contribution in [0.4, 0.5) is 0 Å². The molecule has 15 atom stereocenters. The van der Waals surface area contributed by atoms with Crippen molar-refractivity contribution in [1.82, 2.24) is 0 Å². The minimum atomic E-state index is -1.93. The Morgan fingerprint density at radius 2 is 0.912 bits per heavy atom. The lowest BCUT2D eigenvalue weighted by atomic mass is 9.96. The van der Waals surface area contributed by atoms with E-state index in [2.05, 4.69) is 0 Å². The van der Waals surface area contributed by atoms with E-state index in [-0.39, 0.29) is 0 Å². The summed E-state index contributed by atoms with van der Waals surface area (Å²) in [5, 5.41) is 109. The fourth-order valence-corrected chi connectivity index (χ4v) is 4.05. The summed E-state index contributed by atoms with van der Waals surface area (Å²) in [5.74, 6) is 0. The number of hydrogen-bond acceptors (Lipinski definition) is 16. The van der Waals surface area contributed by atoms with Gasteiger partial charge in [-0.1, -0.05) is 0 Å². The molecular formula is C18H32O16. The quantitative estimate of drug-likeness (QED) is 0.154. The number of ether oxygens (including phenoxy) is 5. The molecule has 3 rings (SSSR count). The lowest BCUT2D eigenvalue weighted by Gasteiger charge is -2.47. The first-order chi connectivity index (χ1) is 16.0. The smallest absolute Gasteiger partial charge is 0.187 e. The van der Waals surface area contributed by atoms with Crippen molar-refractivity contribution >= 4 is 0 Å². The van der Waals surface area contributed by atoms with Crippen molar-refractivity contribution in [2.75, 3.05) is 19.8 Å². The zero-order chi connectivity index (χ0) is 25.3. The van der Waals surface area contributed by atoms with Gasteiger partial charge in [0.1, 0.15) is 73.2 Å². The van der Waals surface area contributed by atoms with Gasteiger partial charge in [0.15, 0.2) is 18.9 Å². The topological polar surface area (TPSA) is 269 Å². The molecule has 34 heavy (non-hydrogen) atoms. The predicted octanol–water partition coefficient (Wildman–Crippen LogP) is -7.57. The van der Waals surface area contributed by atoms with E-state index in [1.807, 2.05) is 0 Å². The van der Waals surface area contributed by atoms with Crippen molar-refractivity contribution in [3.8, 4) is 0 Å². The first kappa shape index (κ1) is 27.9. The van der Waals surface area contributed by atoms with Crippen molar-refractivity contribution in [1.29, 1.82) is 0 Å². The Morgan fingerprint density at radius 1 is 0.441 bits per heavy atom. The zero-order valence-electron chi connectivity index (χ0n) is 17.7. The van der Waals surface area contributed by atoms with Crippen LogP contribution in [0.1, 0.15) is 0 Å². The largest absolute Gasteiger partial charge is 0.394 e. The van der Waals surface area contributed by atoms with Crippen molar-refractivity contribution in [3.63, 3.8) is 0 Å². The minimum Gasteiger partial charge on any atom is -0.394 e. The minimum absolute atomic E-state index is 0.740. The third kappa shape index (κ3) is 5.37. The van der Waals surface area contributed by atoms with Gasteiger partial charge in [0.25, 0.3) is 0 Å². The Kier molecular flexibility index (Phi) is 9.54. The highest BCUT2D eigenvalue weighted by Crippen LogP contribution is 2.32. The molecule has 3 saturated heterocycles. The molecule has 0 amide bonds. The monoisotopic (exact) mass is 504 g/mol. The molecule has 3 aliphatic heterocycles. The third-order valence-electron chi connectivity index (χ3n) is 6.09. The molecule has 200 valence electrons. The van der Waals surface area contributed by atoms with Crippen LogP contribution in [0, 0.1) is 0 Å². The summed E-state index contributed by atoms with van der Waals surface area (Å²) >= 11 is 0. The molecule has 0 saturated carbocycles. The molecule has 3 heterocycles. The SMILES string of the molecule is OC[C@H]1O[C@H](O[C@H]2[C@H](O)[C@@H](O)[C@@H](O[C@H]3[C@H](O)[C@@H](CO)OC(O)[C@@H]3O)O[C@@H]2CO)[C@H](O)[C@@H](O)[C@@H]1O. The van der Waals surface area contributed by atoms with Crippen LogP contribution in [-0.2, 0) is 23.7 Å². The summed E-state index contributed by atoms with van der Waals surface area (Å²) < 4.78 is 26.2. The van der Waals surface area contributed by atoms with E-state index in [0.29, 0.717) is 0 Å². The average molecular weight is 504 g/mol. The van der Waals surface area contributed by atoms with Gasteiger partial charge in [-0.3, -0.25) is 0 Å². The van der Waals surface area contributed by atoms with Gasteiger partial charge in [0.05, 0.1) is 19.8 Å². The predicted molar refractivity (Wildman–Crippen MR) is 101 cm³/mol. The summed E-state index contributed by atoms with van der Waals surface area (Å²) in [4.78, 5) is 0. The number of hydrogen-bond donors (Lipinski definition) is 11. The van der Waals surface area contributed by atoms with E-state index in [1.165, 1.54) is 0 Å². The molecule has 0 aromatic rings. The average Bonchev–Trinajstić information content (AvgIpc) is 2.83. The summed E-state index contributed by atoms with van der Waals surface area (Å²) in [6.07, 6.45) is -25.3. The van der Waals surface area contributed by atoms with Gasteiger partial charge in [0.2, 0.25) is 0 Å². The van der Waals surface area contributed by atoms with Crippen LogP contribution in [0.15, 0.2) is 0 Å². The van der Waals surface area contributed by atoms with Crippen LogP contribution in [0.5, 0.6) is 0 Å². The molecule has 16 heteroatoms. The van der Waals surface area contributed by atoms with E-state index >= 15 is 0 Å². The van der Waals surface area contributed by atoms with Crippen molar-refractivity contribution < 1.29 is 79.9 Å². The maximum Gasteiger partial charge on any atom is 0.187 e. The third-order valence-corrected chi connectivity index (χ3v) is 6.09. The Hall–Kier alpha value is -0.640. The highest BCUT2D eigenvalue weighted by molar-refractivity contribution is 4.96. The molecular weight excluding hydrogens is 472 g/mol. The standard InChI is InChI=1S/C18H32O16/c19-1-4-7(22)9(24)11(26)17(31-4)33-14-6(3-21)32-18(12(27)10(14)25)34-15-8(23)5(2-20)30-16(29)13(15)28/h4-29H,1-3H2/t4-,5-,6-,7-,8-,9+,10-,11-,12-,13-,14-,15+,16?,17-,18-/m1/s1. The number of aliphatic hydroxyl groups excluding tert-OH is 11. The molecule has 16 nitrogen and oxygen atoms in total. The second kappa shape index (κ2) is 11.6. The molecule has 0 aromatic carbocycles. The van der Waals surface area contributed by atoms with Gasteiger partial charge < -0.3 is 79.9 Å². The molecule has 1 unspecified atom stereocenters. The van der Waals surface area contributed by atoms with Crippen LogP contribution in [0.25, 0.3) is 0 Å².